The molecule has 27 heavy (non-hydrogen) atoms. The first-order valence-electron chi connectivity index (χ1n) is 8.61. The molecule has 142 valence electrons. The Hall–Kier alpha value is -3.35. The van der Waals surface area contributed by atoms with Crippen molar-refractivity contribution in [1.82, 2.24) is 10.6 Å². The Morgan fingerprint density at radius 3 is 2.22 bits per heavy atom. The number of hydrogen-bond donors (Lipinski definition) is 2. The van der Waals surface area contributed by atoms with Crippen LogP contribution in [0.2, 0.25) is 0 Å². The van der Waals surface area contributed by atoms with Crippen molar-refractivity contribution in [3.05, 3.63) is 66.2 Å². The molecule has 0 spiro atoms. The van der Waals surface area contributed by atoms with E-state index in [0.717, 1.165) is 0 Å². The highest BCUT2D eigenvalue weighted by Crippen LogP contribution is 2.18. The molecular weight excluding hydrogens is 348 g/mol. The first-order valence-corrected chi connectivity index (χ1v) is 8.61. The number of hydrogen-bond acceptors (Lipinski definition) is 5. The van der Waals surface area contributed by atoms with Gasteiger partial charge in [-0.05, 0) is 19.1 Å². The molecule has 0 aliphatic carbocycles. The van der Waals surface area contributed by atoms with E-state index in [1.807, 2.05) is 18.2 Å². The van der Waals surface area contributed by atoms with Crippen LogP contribution in [0.25, 0.3) is 0 Å². The average Bonchev–Trinajstić information content (AvgIpc) is 2.67. The number of esters is 1. The summed E-state index contributed by atoms with van der Waals surface area (Å²) in [5.74, 6) is -0.686. The first kappa shape index (κ1) is 20.0. The molecule has 0 radical (unpaired) electrons. The Morgan fingerprint density at radius 1 is 0.963 bits per heavy atom. The quantitative estimate of drug-likeness (QED) is 0.697. The lowest BCUT2D eigenvalue weighted by molar-refractivity contribution is -0.156. The van der Waals surface area contributed by atoms with E-state index in [-0.39, 0.29) is 13.0 Å². The summed E-state index contributed by atoms with van der Waals surface area (Å²) in [6.45, 7) is 2.21. The zero-order valence-electron chi connectivity index (χ0n) is 15.0. The Bertz CT molecular complexity index is 749. The van der Waals surface area contributed by atoms with Crippen molar-refractivity contribution in [2.24, 2.45) is 0 Å². The van der Waals surface area contributed by atoms with Crippen molar-refractivity contribution in [3.63, 3.8) is 0 Å². The van der Waals surface area contributed by atoms with Crippen molar-refractivity contribution in [2.45, 2.75) is 19.4 Å². The van der Waals surface area contributed by atoms with Crippen LogP contribution in [-0.4, -0.2) is 31.1 Å². The van der Waals surface area contributed by atoms with E-state index in [2.05, 4.69) is 10.6 Å². The molecule has 0 saturated heterocycles. The van der Waals surface area contributed by atoms with Gasteiger partial charge in [0.15, 0.2) is 0 Å². The van der Waals surface area contributed by atoms with Crippen LogP contribution >= 0.6 is 0 Å². The number of amides is 3. The Labute approximate surface area is 157 Å². The third-order valence-corrected chi connectivity index (χ3v) is 3.48. The molecule has 0 heterocycles. The summed E-state index contributed by atoms with van der Waals surface area (Å²) in [7, 11) is 0. The van der Waals surface area contributed by atoms with Gasteiger partial charge < -0.3 is 14.8 Å². The Kier molecular flexibility index (Phi) is 7.84. The number of rotatable bonds is 8. The Morgan fingerprint density at radius 2 is 1.59 bits per heavy atom. The summed E-state index contributed by atoms with van der Waals surface area (Å²) in [6, 6.07) is 16.9. The van der Waals surface area contributed by atoms with Crippen molar-refractivity contribution >= 4 is 17.9 Å². The molecule has 0 aromatic heterocycles. The molecule has 0 saturated carbocycles. The summed E-state index contributed by atoms with van der Waals surface area (Å²) < 4.78 is 10.8. The summed E-state index contributed by atoms with van der Waals surface area (Å²) in [5.41, 5.74) is 0.469. The number of para-hydroxylation sites is 1. The van der Waals surface area contributed by atoms with Crippen LogP contribution in [0.3, 0.4) is 0 Å². The summed E-state index contributed by atoms with van der Waals surface area (Å²) >= 11 is 0. The zero-order valence-corrected chi connectivity index (χ0v) is 15.0. The Balaban J connectivity index is 1.95. The van der Waals surface area contributed by atoms with E-state index < -0.39 is 24.0 Å². The van der Waals surface area contributed by atoms with Gasteiger partial charge in [-0.3, -0.25) is 14.9 Å². The lowest BCUT2D eigenvalue weighted by Gasteiger charge is -2.17. The molecule has 0 aliphatic rings. The molecule has 7 heteroatoms. The van der Waals surface area contributed by atoms with Crippen LogP contribution in [0.5, 0.6) is 5.75 Å². The molecule has 3 amide bonds. The number of benzene rings is 2. The van der Waals surface area contributed by atoms with Crippen molar-refractivity contribution < 1.29 is 23.9 Å². The molecule has 2 N–H and O–H groups in total. The summed E-state index contributed by atoms with van der Waals surface area (Å²) in [6.07, 6.45) is -1.26. The topological polar surface area (TPSA) is 93.7 Å². The molecule has 2 aromatic carbocycles. The van der Waals surface area contributed by atoms with Gasteiger partial charge >= 0.3 is 12.0 Å². The van der Waals surface area contributed by atoms with E-state index in [4.69, 9.17) is 9.47 Å². The maximum Gasteiger partial charge on any atom is 0.321 e. The number of urea groups is 1. The van der Waals surface area contributed by atoms with Crippen molar-refractivity contribution in [2.75, 3.05) is 13.2 Å². The van der Waals surface area contributed by atoms with Crippen LogP contribution in [0, 0.1) is 0 Å². The smallest absolute Gasteiger partial charge is 0.321 e. The highest BCUT2D eigenvalue weighted by atomic mass is 16.6. The minimum Gasteiger partial charge on any atom is -0.493 e. The van der Waals surface area contributed by atoms with Gasteiger partial charge in [-0.1, -0.05) is 48.5 Å². The van der Waals surface area contributed by atoms with E-state index >= 15 is 0 Å². The first-order chi connectivity index (χ1) is 13.1. The third-order valence-electron chi connectivity index (χ3n) is 3.48. The van der Waals surface area contributed by atoms with Crippen LogP contribution in [0.1, 0.15) is 25.0 Å². The molecule has 1 atom stereocenters. The standard InChI is InChI=1S/C20H22N2O5/c1-2-21-20(25)22-19(24)18(15-9-5-3-6-10-15)27-17(23)13-14-26-16-11-7-4-8-12-16/h3-12,18H,2,13-14H2,1H3,(H2,21,22,24,25)/t18-/m0/s1. The van der Waals surface area contributed by atoms with Crippen LogP contribution in [0.15, 0.2) is 60.7 Å². The van der Waals surface area contributed by atoms with Crippen LogP contribution < -0.4 is 15.4 Å². The second-order valence-corrected chi connectivity index (χ2v) is 5.54. The number of carbonyl (C=O) groups excluding carboxylic acids is 3. The second-order valence-electron chi connectivity index (χ2n) is 5.54. The zero-order chi connectivity index (χ0) is 19.5. The van der Waals surface area contributed by atoms with Gasteiger partial charge in [0.05, 0.1) is 13.0 Å². The number of carbonyl (C=O) groups is 3. The molecular formula is C20H22N2O5. The lowest BCUT2D eigenvalue weighted by Crippen LogP contribution is -2.42. The minimum atomic E-state index is -1.22. The van der Waals surface area contributed by atoms with Gasteiger partial charge in [-0.25, -0.2) is 4.79 Å². The maximum atomic E-state index is 12.4. The third kappa shape index (κ3) is 6.81. The number of imide groups is 1. The number of ether oxygens (including phenoxy) is 2. The van der Waals surface area contributed by atoms with E-state index in [1.165, 1.54) is 0 Å². The largest absolute Gasteiger partial charge is 0.493 e. The SMILES string of the molecule is CCNC(=O)NC(=O)[C@@H](OC(=O)CCOc1ccccc1)c1ccccc1. The van der Waals surface area contributed by atoms with Gasteiger partial charge in [0.1, 0.15) is 5.75 Å². The van der Waals surface area contributed by atoms with Crippen molar-refractivity contribution in [1.29, 1.82) is 0 Å². The molecule has 2 aromatic rings. The van der Waals surface area contributed by atoms with E-state index in [9.17, 15) is 14.4 Å². The molecule has 2 rings (SSSR count). The molecule has 0 bridgehead atoms. The second kappa shape index (κ2) is 10.6. The molecule has 0 unspecified atom stereocenters. The highest BCUT2D eigenvalue weighted by Gasteiger charge is 2.26. The molecule has 0 aliphatic heterocycles. The predicted molar refractivity (Wildman–Crippen MR) is 99.0 cm³/mol. The fraction of sp³-hybridized carbons (Fsp3) is 0.250. The summed E-state index contributed by atoms with van der Waals surface area (Å²) in [4.78, 5) is 36.1. The average molecular weight is 370 g/mol. The summed E-state index contributed by atoms with van der Waals surface area (Å²) in [5, 5.41) is 4.63. The molecule has 0 fully saturated rings. The van der Waals surface area contributed by atoms with Crippen LogP contribution in [0.4, 0.5) is 4.79 Å². The highest BCUT2D eigenvalue weighted by molar-refractivity contribution is 5.97. The van der Waals surface area contributed by atoms with Gasteiger partial charge in [-0.2, -0.15) is 0 Å². The fourth-order valence-corrected chi connectivity index (χ4v) is 2.24. The van der Waals surface area contributed by atoms with Crippen molar-refractivity contribution in [3.8, 4) is 5.75 Å². The monoisotopic (exact) mass is 370 g/mol. The lowest BCUT2D eigenvalue weighted by atomic mass is 10.1. The normalized spacial score (nSPS) is 11.1. The van der Waals surface area contributed by atoms with Gasteiger partial charge in [0, 0.05) is 12.1 Å². The van der Waals surface area contributed by atoms with E-state index in [1.54, 1.807) is 49.4 Å². The van der Waals surface area contributed by atoms with Crippen LogP contribution in [-0.2, 0) is 14.3 Å². The molecule has 7 nitrogen and oxygen atoms in total. The van der Waals surface area contributed by atoms with E-state index in [0.29, 0.717) is 17.9 Å². The minimum absolute atomic E-state index is 0.0351. The predicted octanol–water partition coefficient (Wildman–Crippen LogP) is 2.59. The van der Waals surface area contributed by atoms with Gasteiger partial charge in [0.25, 0.3) is 5.91 Å². The number of nitrogens with one attached hydrogen (secondary N) is 2. The van der Waals surface area contributed by atoms with Gasteiger partial charge in [-0.15, -0.1) is 0 Å². The fourth-order valence-electron chi connectivity index (χ4n) is 2.24. The van der Waals surface area contributed by atoms with Gasteiger partial charge in [0.2, 0.25) is 6.10 Å². The maximum absolute atomic E-state index is 12.4.